The number of aryl methyl sites for hydroxylation is 1. The number of benzene rings is 1. The summed E-state index contributed by atoms with van der Waals surface area (Å²) in [7, 11) is -3.90. The van der Waals surface area contributed by atoms with E-state index in [9.17, 15) is 17.6 Å². The Bertz CT molecular complexity index is 975. The molecule has 1 aromatic heterocycles. The van der Waals surface area contributed by atoms with E-state index in [1.165, 1.54) is 29.4 Å². The normalized spacial score (nSPS) is 16.8. The molecule has 0 amide bonds. The average Bonchev–Trinajstić information content (AvgIpc) is 3.02. The summed E-state index contributed by atoms with van der Waals surface area (Å²) in [5.41, 5.74) is 0.487. The van der Waals surface area contributed by atoms with Crippen LogP contribution in [0.4, 0.5) is 4.39 Å². The van der Waals surface area contributed by atoms with Gasteiger partial charge in [0.2, 0.25) is 10.0 Å². The Hall–Kier alpha value is -2.52. The highest BCUT2D eigenvalue weighted by Gasteiger charge is 2.35. The Morgan fingerprint density at radius 3 is 2.59 bits per heavy atom. The van der Waals surface area contributed by atoms with Gasteiger partial charge in [0.1, 0.15) is 11.5 Å². The number of sulfonamides is 1. The van der Waals surface area contributed by atoms with Crippen LogP contribution in [-0.4, -0.2) is 42.0 Å². The molecule has 0 atom stereocenters. The number of carboxylic acid groups (broad SMARTS) is 1. The lowest BCUT2D eigenvalue weighted by Gasteiger charge is -2.29. The van der Waals surface area contributed by atoms with Crippen LogP contribution in [0.5, 0.6) is 0 Å². The first-order valence-corrected chi connectivity index (χ1v) is 9.86. The smallest absolute Gasteiger partial charge is 0.306 e. The summed E-state index contributed by atoms with van der Waals surface area (Å²) in [5.74, 6) is -1.89. The van der Waals surface area contributed by atoms with E-state index in [0.29, 0.717) is 0 Å². The van der Waals surface area contributed by atoms with Gasteiger partial charge in [-0.05, 0) is 38.0 Å². The second-order valence-corrected chi connectivity index (χ2v) is 8.21. The largest absolute Gasteiger partial charge is 0.481 e. The molecule has 0 bridgehead atoms. The number of rotatable bonds is 5. The van der Waals surface area contributed by atoms with Crippen molar-refractivity contribution in [2.45, 2.75) is 24.7 Å². The monoisotopic (exact) mass is 394 g/mol. The van der Waals surface area contributed by atoms with Gasteiger partial charge in [0.25, 0.3) is 0 Å². The van der Waals surface area contributed by atoms with Gasteiger partial charge in [0.15, 0.2) is 10.7 Å². The Kier molecular flexibility index (Phi) is 5.43. The molecular formula is C18H19FN2O5S. The fourth-order valence-corrected chi connectivity index (χ4v) is 4.77. The Morgan fingerprint density at radius 1 is 1.30 bits per heavy atom. The van der Waals surface area contributed by atoms with Crippen molar-refractivity contribution in [3.63, 3.8) is 0 Å². The van der Waals surface area contributed by atoms with Crippen LogP contribution < -0.4 is 0 Å². The summed E-state index contributed by atoms with van der Waals surface area (Å²) in [6.45, 7) is 1.74. The maximum Gasteiger partial charge on any atom is 0.306 e. The molecule has 1 aliphatic rings. The highest BCUT2D eigenvalue weighted by Crippen LogP contribution is 2.29. The summed E-state index contributed by atoms with van der Waals surface area (Å²) in [5, 5.41) is 12.8. The van der Waals surface area contributed by atoms with Crippen LogP contribution in [0.3, 0.4) is 0 Å². The fraction of sp³-hybridized carbons (Fsp3) is 0.333. The molecule has 27 heavy (non-hydrogen) atoms. The van der Waals surface area contributed by atoms with Crippen molar-refractivity contribution < 1.29 is 27.2 Å². The van der Waals surface area contributed by atoms with Crippen molar-refractivity contribution in [2.24, 2.45) is 5.92 Å². The van der Waals surface area contributed by atoms with Crippen LogP contribution in [0.1, 0.15) is 29.9 Å². The molecule has 0 saturated carbocycles. The number of halogens is 1. The molecule has 0 aliphatic carbocycles. The van der Waals surface area contributed by atoms with Crippen molar-refractivity contribution in [3.8, 4) is 0 Å². The first kappa shape index (κ1) is 19.2. The molecule has 1 aromatic carbocycles. The van der Waals surface area contributed by atoms with Gasteiger partial charge in [0, 0.05) is 18.7 Å². The SMILES string of the molecule is Cc1noc(/C=C/c2ccccc2F)c1S(=O)(=O)N1CCC(C(=O)O)CC1. The summed E-state index contributed by atoms with van der Waals surface area (Å²) in [4.78, 5) is 11.0. The van der Waals surface area contributed by atoms with Crippen LogP contribution >= 0.6 is 0 Å². The lowest BCUT2D eigenvalue weighted by molar-refractivity contribution is -0.142. The minimum absolute atomic E-state index is 0.0103. The first-order chi connectivity index (χ1) is 12.8. The van der Waals surface area contributed by atoms with E-state index in [0.717, 1.165) is 0 Å². The molecule has 2 aromatic rings. The number of carbonyl (C=O) groups is 1. The minimum Gasteiger partial charge on any atom is -0.481 e. The zero-order chi connectivity index (χ0) is 19.6. The quantitative estimate of drug-likeness (QED) is 0.837. The fourth-order valence-electron chi connectivity index (χ4n) is 3.05. The Labute approximate surface area is 156 Å². The van der Waals surface area contributed by atoms with Crippen molar-refractivity contribution in [3.05, 3.63) is 47.1 Å². The molecule has 0 radical (unpaired) electrons. The van der Waals surface area contributed by atoms with Crippen molar-refractivity contribution in [1.29, 1.82) is 0 Å². The second kappa shape index (κ2) is 7.61. The molecule has 3 rings (SSSR count). The van der Waals surface area contributed by atoms with Gasteiger partial charge in [-0.3, -0.25) is 4.79 Å². The average molecular weight is 394 g/mol. The van der Waals surface area contributed by atoms with E-state index in [1.807, 2.05) is 0 Å². The zero-order valence-electron chi connectivity index (χ0n) is 14.6. The van der Waals surface area contributed by atoms with Crippen LogP contribution in [0.15, 0.2) is 33.7 Å². The van der Waals surface area contributed by atoms with Crippen molar-refractivity contribution in [1.82, 2.24) is 9.46 Å². The lowest BCUT2D eigenvalue weighted by atomic mass is 9.99. The third-order valence-electron chi connectivity index (χ3n) is 4.55. The molecule has 1 N–H and O–H groups in total. The Morgan fingerprint density at radius 2 is 1.96 bits per heavy atom. The zero-order valence-corrected chi connectivity index (χ0v) is 15.4. The molecule has 9 heteroatoms. The molecular weight excluding hydrogens is 375 g/mol. The van der Waals surface area contributed by atoms with Gasteiger partial charge in [-0.1, -0.05) is 23.4 Å². The highest BCUT2D eigenvalue weighted by atomic mass is 32.2. The number of nitrogens with zero attached hydrogens (tertiary/aromatic N) is 2. The lowest BCUT2D eigenvalue weighted by Crippen LogP contribution is -2.40. The number of hydrogen-bond donors (Lipinski definition) is 1. The third-order valence-corrected chi connectivity index (χ3v) is 6.61. The van der Waals surface area contributed by atoms with Crippen LogP contribution in [0.2, 0.25) is 0 Å². The van der Waals surface area contributed by atoms with Crippen LogP contribution in [0, 0.1) is 18.7 Å². The number of piperidine rings is 1. The minimum atomic E-state index is -3.90. The van der Waals surface area contributed by atoms with E-state index in [-0.39, 0.29) is 47.8 Å². The molecule has 1 saturated heterocycles. The summed E-state index contributed by atoms with van der Waals surface area (Å²) in [6.07, 6.45) is 3.29. The maximum atomic E-state index is 13.8. The number of aromatic nitrogens is 1. The van der Waals surface area contributed by atoms with E-state index >= 15 is 0 Å². The molecule has 0 unspecified atom stereocenters. The van der Waals surface area contributed by atoms with Crippen molar-refractivity contribution >= 4 is 28.1 Å². The van der Waals surface area contributed by atoms with E-state index in [2.05, 4.69) is 5.16 Å². The molecule has 1 aliphatic heterocycles. The second-order valence-electron chi connectivity index (χ2n) is 6.33. The van der Waals surface area contributed by atoms with Gasteiger partial charge < -0.3 is 9.63 Å². The van der Waals surface area contributed by atoms with Crippen LogP contribution in [0.25, 0.3) is 12.2 Å². The van der Waals surface area contributed by atoms with Gasteiger partial charge in [-0.25, -0.2) is 12.8 Å². The summed E-state index contributed by atoms with van der Waals surface area (Å²) >= 11 is 0. The van der Waals surface area contributed by atoms with Gasteiger partial charge in [0.05, 0.1) is 5.92 Å². The first-order valence-electron chi connectivity index (χ1n) is 8.42. The highest BCUT2D eigenvalue weighted by molar-refractivity contribution is 7.89. The predicted molar refractivity (Wildman–Crippen MR) is 95.7 cm³/mol. The van der Waals surface area contributed by atoms with E-state index in [1.54, 1.807) is 18.2 Å². The van der Waals surface area contributed by atoms with Gasteiger partial charge in [-0.2, -0.15) is 4.31 Å². The number of hydrogen-bond acceptors (Lipinski definition) is 5. The van der Waals surface area contributed by atoms with Crippen molar-refractivity contribution in [2.75, 3.05) is 13.1 Å². The van der Waals surface area contributed by atoms with E-state index < -0.39 is 27.7 Å². The summed E-state index contributed by atoms with van der Waals surface area (Å²) in [6, 6.07) is 6.08. The predicted octanol–water partition coefficient (Wildman–Crippen LogP) is 2.78. The van der Waals surface area contributed by atoms with Gasteiger partial charge >= 0.3 is 5.97 Å². The Balaban J connectivity index is 1.88. The molecule has 2 heterocycles. The number of aliphatic carboxylic acids is 1. The standard InChI is InChI=1S/C18H19FN2O5S/c1-12-17(27(24,25)21-10-8-14(9-11-21)18(22)23)16(26-20-12)7-6-13-4-2-3-5-15(13)19/h2-7,14H,8-11H2,1H3,(H,22,23)/b7-6+. The topological polar surface area (TPSA) is 101 Å². The molecule has 144 valence electrons. The molecule has 1 fully saturated rings. The van der Waals surface area contributed by atoms with Crippen LogP contribution in [-0.2, 0) is 14.8 Å². The molecule has 0 spiro atoms. The molecule has 7 nitrogen and oxygen atoms in total. The summed E-state index contributed by atoms with van der Waals surface area (Å²) < 4.78 is 46.2. The third kappa shape index (κ3) is 3.93. The van der Waals surface area contributed by atoms with E-state index in [4.69, 9.17) is 9.63 Å². The maximum absolute atomic E-state index is 13.8. The number of carboxylic acids is 1. The van der Waals surface area contributed by atoms with Gasteiger partial charge in [-0.15, -0.1) is 0 Å².